The van der Waals surface area contributed by atoms with Crippen molar-refractivity contribution in [1.29, 1.82) is 0 Å². The lowest BCUT2D eigenvalue weighted by molar-refractivity contribution is 0.176. The second kappa shape index (κ2) is 6.53. The van der Waals surface area contributed by atoms with Crippen LogP contribution in [0, 0.1) is 0 Å². The Balaban J connectivity index is 2.39. The fraction of sp³-hybridized carbons (Fsp3) is 0.800. The second-order valence-electron chi connectivity index (χ2n) is 3.65. The fourth-order valence-electron chi connectivity index (χ4n) is 1.49. The molecule has 5 nitrogen and oxygen atoms in total. The van der Waals surface area contributed by atoms with E-state index in [1.54, 1.807) is 13.4 Å². The van der Waals surface area contributed by atoms with E-state index in [9.17, 15) is 0 Å². The Morgan fingerprint density at radius 1 is 1.60 bits per heavy atom. The van der Waals surface area contributed by atoms with Crippen molar-refractivity contribution in [3.63, 3.8) is 0 Å². The van der Waals surface area contributed by atoms with Crippen molar-refractivity contribution >= 4 is 0 Å². The van der Waals surface area contributed by atoms with Gasteiger partial charge in [0.05, 0.1) is 6.61 Å². The van der Waals surface area contributed by atoms with E-state index in [4.69, 9.17) is 10.5 Å². The van der Waals surface area contributed by atoms with E-state index in [-0.39, 0.29) is 6.04 Å². The highest BCUT2D eigenvalue weighted by Gasteiger charge is 2.07. The van der Waals surface area contributed by atoms with Crippen LogP contribution in [0.5, 0.6) is 0 Å². The number of methoxy groups -OCH3 is 1. The molecule has 0 aromatic carbocycles. The molecule has 2 N–H and O–H groups in total. The van der Waals surface area contributed by atoms with Crippen molar-refractivity contribution in [3.05, 3.63) is 12.2 Å². The number of hydrogen-bond acceptors (Lipinski definition) is 4. The standard InChI is InChI=1S/C10H20N4O/c1-3-6-14-10(12-8-13-14)5-4-9(11)7-15-2/h8-9H,3-7,11H2,1-2H3. The lowest BCUT2D eigenvalue weighted by Crippen LogP contribution is -2.26. The van der Waals surface area contributed by atoms with Gasteiger partial charge in [-0.05, 0) is 12.8 Å². The summed E-state index contributed by atoms with van der Waals surface area (Å²) < 4.78 is 6.93. The fourth-order valence-corrected chi connectivity index (χ4v) is 1.49. The molecule has 1 aromatic rings. The molecular weight excluding hydrogens is 192 g/mol. The Bertz CT molecular complexity index is 274. The van der Waals surface area contributed by atoms with E-state index in [1.165, 1.54) is 0 Å². The molecule has 5 heteroatoms. The van der Waals surface area contributed by atoms with Gasteiger partial charge in [-0.2, -0.15) is 5.10 Å². The molecule has 1 rings (SSSR count). The average molecular weight is 212 g/mol. The third-order valence-electron chi connectivity index (χ3n) is 2.25. The van der Waals surface area contributed by atoms with Gasteiger partial charge in [0.2, 0.25) is 0 Å². The van der Waals surface area contributed by atoms with Crippen molar-refractivity contribution in [2.45, 2.75) is 38.8 Å². The predicted molar refractivity (Wildman–Crippen MR) is 58.5 cm³/mol. The summed E-state index contributed by atoms with van der Waals surface area (Å²) >= 11 is 0. The van der Waals surface area contributed by atoms with Gasteiger partial charge in [-0.1, -0.05) is 6.92 Å². The Labute approximate surface area is 90.6 Å². The highest BCUT2D eigenvalue weighted by molar-refractivity contribution is 4.86. The van der Waals surface area contributed by atoms with Gasteiger partial charge in [-0.15, -0.1) is 0 Å². The van der Waals surface area contributed by atoms with Crippen LogP contribution in [0.1, 0.15) is 25.6 Å². The Morgan fingerprint density at radius 2 is 2.40 bits per heavy atom. The molecular formula is C10H20N4O. The topological polar surface area (TPSA) is 66.0 Å². The molecule has 0 bridgehead atoms. The maximum atomic E-state index is 5.84. The molecule has 1 heterocycles. The summed E-state index contributed by atoms with van der Waals surface area (Å²) in [4.78, 5) is 4.22. The molecule has 0 saturated carbocycles. The molecule has 15 heavy (non-hydrogen) atoms. The van der Waals surface area contributed by atoms with Crippen molar-refractivity contribution < 1.29 is 4.74 Å². The van der Waals surface area contributed by atoms with Crippen molar-refractivity contribution in [2.24, 2.45) is 5.73 Å². The summed E-state index contributed by atoms with van der Waals surface area (Å²) in [7, 11) is 1.67. The Morgan fingerprint density at radius 3 is 3.07 bits per heavy atom. The lowest BCUT2D eigenvalue weighted by Gasteiger charge is -2.10. The van der Waals surface area contributed by atoms with Crippen molar-refractivity contribution in [2.75, 3.05) is 13.7 Å². The van der Waals surface area contributed by atoms with E-state index in [0.717, 1.165) is 31.6 Å². The summed E-state index contributed by atoms with van der Waals surface area (Å²) in [6.07, 6.45) is 4.42. The number of hydrogen-bond donors (Lipinski definition) is 1. The predicted octanol–water partition coefficient (Wildman–Crippen LogP) is 0.594. The van der Waals surface area contributed by atoms with Crippen LogP contribution in [0.15, 0.2) is 6.33 Å². The summed E-state index contributed by atoms with van der Waals surface area (Å²) in [6.45, 7) is 3.65. The van der Waals surface area contributed by atoms with Gasteiger partial charge in [-0.25, -0.2) is 4.98 Å². The van der Waals surface area contributed by atoms with E-state index < -0.39 is 0 Å². The van der Waals surface area contributed by atoms with Crippen LogP contribution in [-0.2, 0) is 17.7 Å². The van der Waals surface area contributed by atoms with E-state index in [1.807, 2.05) is 4.68 Å². The first-order chi connectivity index (χ1) is 7.27. The molecule has 0 fully saturated rings. The first-order valence-electron chi connectivity index (χ1n) is 5.39. The number of aryl methyl sites for hydroxylation is 2. The highest BCUT2D eigenvalue weighted by Crippen LogP contribution is 2.02. The van der Waals surface area contributed by atoms with Crippen LogP contribution in [0.4, 0.5) is 0 Å². The molecule has 0 spiro atoms. The van der Waals surface area contributed by atoms with Crippen LogP contribution in [-0.4, -0.2) is 34.5 Å². The lowest BCUT2D eigenvalue weighted by atomic mass is 10.2. The number of nitrogens with zero attached hydrogens (tertiary/aromatic N) is 3. The Hall–Kier alpha value is -0.940. The third kappa shape index (κ3) is 3.97. The molecule has 86 valence electrons. The van der Waals surface area contributed by atoms with Gasteiger partial charge >= 0.3 is 0 Å². The van der Waals surface area contributed by atoms with Gasteiger partial charge in [0.25, 0.3) is 0 Å². The zero-order valence-corrected chi connectivity index (χ0v) is 9.52. The van der Waals surface area contributed by atoms with Crippen LogP contribution in [0.2, 0.25) is 0 Å². The van der Waals surface area contributed by atoms with Gasteiger partial charge in [0.1, 0.15) is 12.2 Å². The van der Waals surface area contributed by atoms with Crippen LogP contribution in [0.25, 0.3) is 0 Å². The van der Waals surface area contributed by atoms with Gasteiger partial charge in [0, 0.05) is 26.1 Å². The van der Waals surface area contributed by atoms with Gasteiger partial charge in [0.15, 0.2) is 0 Å². The average Bonchev–Trinajstić information content (AvgIpc) is 2.64. The first kappa shape index (κ1) is 12.1. The summed E-state index contributed by atoms with van der Waals surface area (Å²) in [5, 5.41) is 4.16. The molecule has 0 aliphatic rings. The molecule has 0 saturated heterocycles. The summed E-state index contributed by atoms with van der Waals surface area (Å²) in [5.41, 5.74) is 5.84. The number of ether oxygens (including phenoxy) is 1. The zero-order chi connectivity index (χ0) is 11.1. The summed E-state index contributed by atoms with van der Waals surface area (Å²) in [5.74, 6) is 1.02. The molecule has 1 atom stereocenters. The third-order valence-corrected chi connectivity index (χ3v) is 2.25. The molecule has 0 amide bonds. The quantitative estimate of drug-likeness (QED) is 0.718. The van der Waals surface area contributed by atoms with Crippen molar-refractivity contribution in [1.82, 2.24) is 14.8 Å². The number of nitrogens with two attached hydrogens (primary N) is 1. The molecule has 1 aromatic heterocycles. The largest absolute Gasteiger partial charge is 0.383 e. The van der Waals surface area contributed by atoms with Crippen LogP contribution >= 0.6 is 0 Å². The number of rotatable bonds is 7. The second-order valence-corrected chi connectivity index (χ2v) is 3.65. The first-order valence-corrected chi connectivity index (χ1v) is 5.39. The van der Waals surface area contributed by atoms with E-state index in [0.29, 0.717) is 6.61 Å². The minimum absolute atomic E-state index is 0.0850. The van der Waals surface area contributed by atoms with Crippen molar-refractivity contribution in [3.8, 4) is 0 Å². The van der Waals surface area contributed by atoms with Gasteiger partial charge < -0.3 is 10.5 Å². The maximum Gasteiger partial charge on any atom is 0.138 e. The smallest absolute Gasteiger partial charge is 0.138 e. The van der Waals surface area contributed by atoms with Crippen LogP contribution in [0.3, 0.4) is 0 Å². The number of aromatic nitrogens is 3. The Kier molecular flexibility index (Phi) is 5.28. The molecule has 0 aliphatic heterocycles. The minimum Gasteiger partial charge on any atom is -0.383 e. The van der Waals surface area contributed by atoms with E-state index >= 15 is 0 Å². The van der Waals surface area contributed by atoms with Gasteiger partial charge in [-0.3, -0.25) is 4.68 Å². The van der Waals surface area contributed by atoms with Crippen LogP contribution < -0.4 is 5.73 Å². The molecule has 1 unspecified atom stereocenters. The maximum absolute atomic E-state index is 5.84. The monoisotopic (exact) mass is 212 g/mol. The minimum atomic E-state index is 0.0850. The SMILES string of the molecule is CCCn1ncnc1CCC(N)COC. The van der Waals surface area contributed by atoms with E-state index in [2.05, 4.69) is 17.0 Å². The highest BCUT2D eigenvalue weighted by atomic mass is 16.5. The normalized spacial score (nSPS) is 13.0. The zero-order valence-electron chi connectivity index (χ0n) is 9.52. The molecule has 0 aliphatic carbocycles. The molecule has 0 radical (unpaired) electrons. The summed E-state index contributed by atoms with van der Waals surface area (Å²) in [6, 6.07) is 0.0850.